The van der Waals surface area contributed by atoms with Gasteiger partial charge in [-0.1, -0.05) is 6.92 Å². The Balaban J connectivity index is 1.37. The van der Waals surface area contributed by atoms with Crippen LogP contribution in [0.1, 0.15) is 35.5 Å². The normalized spacial score (nSPS) is 23.5. The molecule has 3 heterocycles. The van der Waals surface area contributed by atoms with Crippen molar-refractivity contribution in [2.45, 2.75) is 25.5 Å². The fourth-order valence-corrected chi connectivity index (χ4v) is 3.87. The van der Waals surface area contributed by atoms with E-state index in [4.69, 9.17) is 4.74 Å². The standard InChI is InChI=1S/C20H27N5O2/c1-2-24-10-12-25(13-11-24)16-5-3-15(4-6-16)20(26)22-17-8-14-27-19(17)18-7-9-21-23-18/h3-7,9,17,19H,2,8,10-14H2,1H3,(H,21,23)(H,22,26)/t17-,19-/m1/s1. The highest BCUT2D eigenvalue weighted by molar-refractivity contribution is 5.94. The number of hydrogen-bond acceptors (Lipinski definition) is 5. The zero-order valence-corrected chi connectivity index (χ0v) is 15.7. The molecule has 0 saturated carbocycles. The summed E-state index contributed by atoms with van der Waals surface area (Å²) in [5, 5.41) is 10.0. The number of rotatable bonds is 5. The smallest absolute Gasteiger partial charge is 0.251 e. The molecular weight excluding hydrogens is 342 g/mol. The van der Waals surface area contributed by atoms with Gasteiger partial charge >= 0.3 is 0 Å². The number of amides is 1. The third kappa shape index (κ3) is 3.99. The number of carbonyl (C=O) groups excluding carboxylic acids is 1. The molecule has 0 aliphatic carbocycles. The molecule has 144 valence electrons. The predicted octanol–water partition coefficient (Wildman–Crippen LogP) is 1.81. The number of nitrogens with one attached hydrogen (secondary N) is 2. The number of piperazine rings is 1. The summed E-state index contributed by atoms with van der Waals surface area (Å²) in [6.45, 7) is 8.20. The summed E-state index contributed by atoms with van der Waals surface area (Å²) in [4.78, 5) is 17.5. The molecule has 0 spiro atoms. The molecule has 2 aromatic rings. The Kier molecular flexibility index (Phi) is 5.40. The minimum absolute atomic E-state index is 0.0419. The van der Waals surface area contributed by atoms with E-state index in [1.54, 1.807) is 6.20 Å². The summed E-state index contributed by atoms with van der Waals surface area (Å²) in [5.74, 6) is -0.0580. The van der Waals surface area contributed by atoms with Crippen LogP contribution < -0.4 is 10.2 Å². The number of benzene rings is 1. The van der Waals surface area contributed by atoms with Gasteiger partial charge in [-0.25, -0.2) is 0 Å². The summed E-state index contributed by atoms with van der Waals surface area (Å²) < 4.78 is 5.77. The molecule has 2 aliphatic heterocycles. The van der Waals surface area contributed by atoms with E-state index < -0.39 is 0 Å². The number of ether oxygens (including phenoxy) is 1. The highest BCUT2D eigenvalue weighted by Gasteiger charge is 2.32. The van der Waals surface area contributed by atoms with Crippen LogP contribution in [0.4, 0.5) is 5.69 Å². The fraction of sp³-hybridized carbons (Fsp3) is 0.500. The number of anilines is 1. The maximum Gasteiger partial charge on any atom is 0.251 e. The van der Waals surface area contributed by atoms with Crippen LogP contribution in [-0.4, -0.2) is 66.4 Å². The van der Waals surface area contributed by atoms with Crippen molar-refractivity contribution in [1.29, 1.82) is 0 Å². The van der Waals surface area contributed by atoms with Crippen molar-refractivity contribution in [3.05, 3.63) is 47.8 Å². The quantitative estimate of drug-likeness (QED) is 0.841. The van der Waals surface area contributed by atoms with Crippen molar-refractivity contribution in [2.24, 2.45) is 0 Å². The Hall–Kier alpha value is -2.38. The molecule has 0 unspecified atom stereocenters. The Bertz CT molecular complexity index is 738. The molecule has 4 rings (SSSR count). The summed E-state index contributed by atoms with van der Waals surface area (Å²) in [6, 6.07) is 9.78. The Labute approximate surface area is 159 Å². The van der Waals surface area contributed by atoms with Crippen LogP contribution >= 0.6 is 0 Å². The lowest BCUT2D eigenvalue weighted by Crippen LogP contribution is -2.46. The van der Waals surface area contributed by atoms with E-state index in [1.807, 2.05) is 30.3 Å². The Morgan fingerprint density at radius 2 is 2.00 bits per heavy atom. The molecule has 1 aromatic heterocycles. The van der Waals surface area contributed by atoms with Crippen molar-refractivity contribution in [1.82, 2.24) is 20.4 Å². The van der Waals surface area contributed by atoms with Crippen LogP contribution in [0.25, 0.3) is 0 Å². The molecule has 2 aliphatic rings. The molecule has 1 amide bonds. The molecule has 0 bridgehead atoms. The van der Waals surface area contributed by atoms with Gasteiger partial charge in [0.05, 0.1) is 11.7 Å². The summed E-state index contributed by atoms with van der Waals surface area (Å²) >= 11 is 0. The van der Waals surface area contributed by atoms with E-state index in [0.29, 0.717) is 12.2 Å². The average Bonchev–Trinajstić information content (AvgIpc) is 3.40. The second-order valence-electron chi connectivity index (χ2n) is 7.14. The van der Waals surface area contributed by atoms with Crippen LogP contribution in [0.5, 0.6) is 0 Å². The highest BCUT2D eigenvalue weighted by atomic mass is 16.5. The number of carbonyl (C=O) groups is 1. The molecule has 1 aromatic carbocycles. The number of H-pyrrole nitrogens is 1. The van der Waals surface area contributed by atoms with Crippen LogP contribution in [0.3, 0.4) is 0 Å². The lowest BCUT2D eigenvalue weighted by atomic mass is 10.1. The molecule has 2 atom stereocenters. The van der Waals surface area contributed by atoms with Gasteiger partial charge in [0, 0.05) is 50.2 Å². The Morgan fingerprint density at radius 1 is 1.22 bits per heavy atom. The van der Waals surface area contributed by atoms with Crippen LogP contribution in [0.2, 0.25) is 0 Å². The molecule has 2 saturated heterocycles. The first-order chi connectivity index (χ1) is 13.2. The van der Waals surface area contributed by atoms with Gasteiger partial charge in [0.25, 0.3) is 5.91 Å². The molecule has 2 N–H and O–H groups in total. The van der Waals surface area contributed by atoms with E-state index in [2.05, 4.69) is 32.2 Å². The van der Waals surface area contributed by atoms with Gasteiger partial charge in [-0.05, 0) is 43.3 Å². The highest BCUT2D eigenvalue weighted by Crippen LogP contribution is 2.28. The molecular formula is C20H27N5O2. The van der Waals surface area contributed by atoms with Gasteiger partial charge in [0.15, 0.2) is 0 Å². The summed E-state index contributed by atoms with van der Waals surface area (Å²) in [7, 11) is 0. The molecule has 7 nitrogen and oxygen atoms in total. The first-order valence-corrected chi connectivity index (χ1v) is 9.73. The lowest BCUT2D eigenvalue weighted by molar-refractivity contribution is 0.0807. The van der Waals surface area contributed by atoms with Gasteiger partial charge in [-0.3, -0.25) is 9.89 Å². The number of likely N-dealkylation sites (N-methyl/N-ethyl adjacent to an activating group) is 1. The maximum absolute atomic E-state index is 12.7. The number of aromatic nitrogens is 2. The largest absolute Gasteiger partial charge is 0.370 e. The van der Waals surface area contributed by atoms with E-state index in [-0.39, 0.29) is 18.1 Å². The second kappa shape index (κ2) is 8.10. The van der Waals surface area contributed by atoms with Gasteiger partial charge < -0.3 is 19.9 Å². The minimum atomic E-state index is -0.161. The van der Waals surface area contributed by atoms with Gasteiger partial charge in [-0.2, -0.15) is 5.10 Å². The maximum atomic E-state index is 12.7. The summed E-state index contributed by atoms with van der Waals surface area (Å²) in [5.41, 5.74) is 2.77. The van der Waals surface area contributed by atoms with Crippen molar-refractivity contribution >= 4 is 11.6 Å². The van der Waals surface area contributed by atoms with Crippen LogP contribution in [0, 0.1) is 0 Å². The van der Waals surface area contributed by atoms with Crippen LogP contribution in [-0.2, 0) is 4.74 Å². The molecule has 7 heteroatoms. The number of aromatic amines is 1. The first-order valence-electron chi connectivity index (χ1n) is 9.73. The topological polar surface area (TPSA) is 73.5 Å². The fourth-order valence-electron chi connectivity index (χ4n) is 3.87. The van der Waals surface area contributed by atoms with E-state index >= 15 is 0 Å². The SMILES string of the molecule is CCN1CCN(c2ccc(C(=O)N[C@@H]3CCO[C@H]3c3ccn[nH]3)cc2)CC1. The van der Waals surface area contributed by atoms with Gasteiger partial charge in [0.1, 0.15) is 6.10 Å². The first kappa shape index (κ1) is 18.0. The molecule has 2 fully saturated rings. The van der Waals surface area contributed by atoms with Gasteiger partial charge in [0.2, 0.25) is 0 Å². The van der Waals surface area contributed by atoms with Crippen molar-refractivity contribution in [2.75, 3.05) is 44.2 Å². The van der Waals surface area contributed by atoms with E-state index in [1.165, 1.54) is 5.69 Å². The third-order valence-corrected chi connectivity index (χ3v) is 5.55. The van der Waals surface area contributed by atoms with E-state index in [0.717, 1.165) is 44.8 Å². The van der Waals surface area contributed by atoms with Gasteiger partial charge in [-0.15, -0.1) is 0 Å². The van der Waals surface area contributed by atoms with Crippen molar-refractivity contribution in [3.8, 4) is 0 Å². The number of nitrogens with zero attached hydrogens (tertiary/aromatic N) is 3. The van der Waals surface area contributed by atoms with Crippen molar-refractivity contribution < 1.29 is 9.53 Å². The van der Waals surface area contributed by atoms with E-state index in [9.17, 15) is 4.79 Å². The Morgan fingerprint density at radius 3 is 2.67 bits per heavy atom. The average molecular weight is 369 g/mol. The molecule has 27 heavy (non-hydrogen) atoms. The molecule has 0 radical (unpaired) electrons. The monoisotopic (exact) mass is 369 g/mol. The summed E-state index contributed by atoms with van der Waals surface area (Å²) in [6.07, 6.45) is 2.34. The zero-order valence-electron chi connectivity index (χ0n) is 15.7. The third-order valence-electron chi connectivity index (χ3n) is 5.55. The minimum Gasteiger partial charge on any atom is -0.370 e. The van der Waals surface area contributed by atoms with Crippen molar-refractivity contribution in [3.63, 3.8) is 0 Å². The van der Waals surface area contributed by atoms with Crippen LogP contribution in [0.15, 0.2) is 36.5 Å². The number of hydrogen-bond donors (Lipinski definition) is 2. The second-order valence-corrected chi connectivity index (χ2v) is 7.14. The lowest BCUT2D eigenvalue weighted by Gasteiger charge is -2.35. The zero-order chi connectivity index (χ0) is 18.6. The predicted molar refractivity (Wildman–Crippen MR) is 104 cm³/mol.